The van der Waals surface area contributed by atoms with Crippen molar-refractivity contribution in [2.24, 2.45) is 11.5 Å². The highest BCUT2D eigenvalue weighted by Crippen LogP contribution is 2.44. The highest BCUT2D eigenvalue weighted by atomic mass is 32.1. The molecule has 0 aliphatic heterocycles. The summed E-state index contributed by atoms with van der Waals surface area (Å²) < 4.78 is 29.3. The maximum Gasteiger partial charge on any atom is 0.317 e. The summed E-state index contributed by atoms with van der Waals surface area (Å²) in [5.74, 6) is -1.95. The van der Waals surface area contributed by atoms with Gasteiger partial charge in [-0.25, -0.2) is 13.6 Å². The minimum atomic E-state index is -0.799. The van der Waals surface area contributed by atoms with Crippen LogP contribution in [-0.2, 0) is 19.4 Å². The quantitative estimate of drug-likeness (QED) is 0.622. The number of carbonyl (C=O) groups is 2. The standard InChI is InChI=1S/C18H15F2N5O2S/c19-11-2-1-3-12(20)9(11)6-25-7-10-13(24-25)5-4-8-14(16(21)26)17(23-18(22)27)28-15(8)10/h1-3,7H,4-6H2,(H2,21,26)(H3,22,23,27). The van der Waals surface area contributed by atoms with Crippen molar-refractivity contribution in [2.75, 3.05) is 5.32 Å². The zero-order chi connectivity index (χ0) is 20.0. The molecule has 7 nitrogen and oxygen atoms in total. The predicted octanol–water partition coefficient (Wildman–Crippen LogP) is 2.63. The lowest BCUT2D eigenvalue weighted by molar-refractivity contribution is 0.100. The number of anilines is 1. The summed E-state index contributed by atoms with van der Waals surface area (Å²) in [6.45, 7) is -0.0682. The normalized spacial score (nSPS) is 12.4. The third-order valence-corrected chi connectivity index (χ3v) is 5.75. The number of amides is 3. The summed E-state index contributed by atoms with van der Waals surface area (Å²) in [6.07, 6.45) is 2.71. The third-order valence-electron chi connectivity index (χ3n) is 4.57. The molecule has 0 unspecified atom stereocenters. The molecule has 3 amide bonds. The van der Waals surface area contributed by atoms with Crippen LogP contribution in [0.5, 0.6) is 0 Å². The lowest BCUT2D eigenvalue weighted by Crippen LogP contribution is -2.22. The van der Waals surface area contributed by atoms with Crippen LogP contribution in [-0.4, -0.2) is 21.7 Å². The van der Waals surface area contributed by atoms with Crippen LogP contribution in [0.4, 0.5) is 18.6 Å². The molecule has 1 aromatic carbocycles. The summed E-state index contributed by atoms with van der Waals surface area (Å²) in [4.78, 5) is 23.9. The summed E-state index contributed by atoms with van der Waals surface area (Å²) in [5, 5.41) is 7.15. The molecule has 0 radical (unpaired) electrons. The van der Waals surface area contributed by atoms with E-state index in [0.29, 0.717) is 18.4 Å². The first-order valence-electron chi connectivity index (χ1n) is 8.36. The maximum absolute atomic E-state index is 13.9. The molecule has 0 fully saturated rings. The van der Waals surface area contributed by atoms with E-state index in [1.165, 1.54) is 34.2 Å². The van der Waals surface area contributed by atoms with Gasteiger partial charge in [0, 0.05) is 22.2 Å². The zero-order valence-electron chi connectivity index (χ0n) is 14.5. The SMILES string of the molecule is NC(=O)Nc1sc2c(c1C(N)=O)CCc1nn(Cc3c(F)cccc3F)cc1-2. The molecule has 2 heterocycles. The van der Waals surface area contributed by atoms with Crippen molar-refractivity contribution in [3.05, 3.63) is 58.4 Å². The minimum Gasteiger partial charge on any atom is -0.365 e. The number of nitrogens with two attached hydrogens (primary N) is 2. The van der Waals surface area contributed by atoms with Crippen molar-refractivity contribution in [2.45, 2.75) is 19.4 Å². The van der Waals surface area contributed by atoms with Gasteiger partial charge in [-0.1, -0.05) is 6.07 Å². The van der Waals surface area contributed by atoms with Crippen LogP contribution >= 0.6 is 11.3 Å². The number of fused-ring (bicyclic) bond motifs is 3. The maximum atomic E-state index is 13.9. The second-order valence-corrected chi connectivity index (χ2v) is 7.38. The van der Waals surface area contributed by atoms with Crippen LogP contribution < -0.4 is 16.8 Å². The van der Waals surface area contributed by atoms with E-state index in [0.717, 1.165) is 16.1 Å². The van der Waals surface area contributed by atoms with Crippen molar-refractivity contribution in [1.29, 1.82) is 0 Å². The number of aromatic nitrogens is 2. The first-order chi connectivity index (χ1) is 13.3. The van der Waals surface area contributed by atoms with Crippen LogP contribution in [0.3, 0.4) is 0 Å². The van der Waals surface area contributed by atoms with Gasteiger partial charge in [0.05, 0.1) is 17.8 Å². The number of nitrogens with one attached hydrogen (secondary N) is 1. The number of hydrogen-bond donors (Lipinski definition) is 3. The third kappa shape index (κ3) is 3.01. The van der Waals surface area contributed by atoms with Gasteiger partial charge in [-0.2, -0.15) is 5.10 Å². The van der Waals surface area contributed by atoms with Gasteiger partial charge in [0.2, 0.25) is 0 Å². The fourth-order valence-electron chi connectivity index (χ4n) is 3.39. The van der Waals surface area contributed by atoms with Gasteiger partial charge in [0.15, 0.2) is 0 Å². The van der Waals surface area contributed by atoms with Crippen molar-refractivity contribution in [1.82, 2.24) is 9.78 Å². The van der Waals surface area contributed by atoms with E-state index in [-0.39, 0.29) is 22.7 Å². The molecule has 1 aliphatic carbocycles. The molecule has 0 bridgehead atoms. The fourth-order valence-corrected chi connectivity index (χ4v) is 4.68. The van der Waals surface area contributed by atoms with Gasteiger partial charge in [-0.15, -0.1) is 11.3 Å². The molecule has 144 valence electrons. The lowest BCUT2D eigenvalue weighted by atomic mass is 9.94. The van der Waals surface area contributed by atoms with Gasteiger partial charge in [-0.05, 0) is 30.5 Å². The van der Waals surface area contributed by atoms with Gasteiger partial charge in [0.1, 0.15) is 16.6 Å². The number of primary amides is 2. The van der Waals surface area contributed by atoms with Gasteiger partial charge < -0.3 is 11.5 Å². The first-order valence-corrected chi connectivity index (χ1v) is 9.18. The van der Waals surface area contributed by atoms with E-state index in [4.69, 9.17) is 11.5 Å². The second kappa shape index (κ2) is 6.71. The van der Waals surface area contributed by atoms with Crippen LogP contribution in [0, 0.1) is 11.6 Å². The molecule has 5 N–H and O–H groups in total. The highest BCUT2D eigenvalue weighted by molar-refractivity contribution is 7.20. The number of urea groups is 1. The zero-order valence-corrected chi connectivity index (χ0v) is 15.3. The Morgan fingerprint density at radius 1 is 1.21 bits per heavy atom. The van der Waals surface area contributed by atoms with E-state index in [9.17, 15) is 18.4 Å². The van der Waals surface area contributed by atoms with E-state index < -0.39 is 23.6 Å². The van der Waals surface area contributed by atoms with Crippen molar-refractivity contribution >= 4 is 28.3 Å². The molecular weight excluding hydrogens is 388 g/mol. The molecule has 0 atom stereocenters. The molecule has 4 rings (SSSR count). The Balaban J connectivity index is 1.76. The molecule has 10 heteroatoms. The Kier molecular flexibility index (Phi) is 4.34. The van der Waals surface area contributed by atoms with Crippen LogP contribution in [0.2, 0.25) is 0 Å². The molecule has 28 heavy (non-hydrogen) atoms. The molecule has 0 spiro atoms. The predicted molar refractivity (Wildman–Crippen MR) is 100 cm³/mol. The Bertz CT molecular complexity index is 1100. The van der Waals surface area contributed by atoms with E-state index in [1.807, 2.05) is 0 Å². The number of benzene rings is 1. The molecule has 0 saturated carbocycles. The van der Waals surface area contributed by atoms with Crippen LogP contribution in [0.15, 0.2) is 24.4 Å². The summed E-state index contributed by atoms with van der Waals surface area (Å²) >= 11 is 1.17. The Labute approximate surface area is 161 Å². The molecule has 2 aromatic heterocycles. The monoisotopic (exact) mass is 403 g/mol. The minimum absolute atomic E-state index is 0.0682. The smallest absolute Gasteiger partial charge is 0.317 e. The topological polar surface area (TPSA) is 116 Å². The molecule has 1 aliphatic rings. The summed E-state index contributed by atoms with van der Waals surface area (Å²) in [6, 6.07) is 2.89. The van der Waals surface area contributed by atoms with E-state index >= 15 is 0 Å². The average Bonchev–Trinajstić information content (AvgIpc) is 3.17. The largest absolute Gasteiger partial charge is 0.365 e. The van der Waals surface area contributed by atoms with Gasteiger partial charge in [-0.3, -0.25) is 14.8 Å². The number of carbonyl (C=O) groups excluding carboxylic acids is 2. The molecule has 3 aromatic rings. The Morgan fingerprint density at radius 2 is 1.93 bits per heavy atom. The number of halogens is 2. The number of nitrogens with zero attached hydrogens (tertiary/aromatic N) is 2. The highest BCUT2D eigenvalue weighted by Gasteiger charge is 2.29. The van der Waals surface area contributed by atoms with Crippen LogP contribution in [0.25, 0.3) is 10.4 Å². The number of thiophene rings is 1. The first kappa shape index (κ1) is 18.1. The van der Waals surface area contributed by atoms with Crippen molar-refractivity contribution in [3.63, 3.8) is 0 Å². The van der Waals surface area contributed by atoms with Gasteiger partial charge >= 0.3 is 6.03 Å². The van der Waals surface area contributed by atoms with E-state index in [2.05, 4.69) is 10.4 Å². The van der Waals surface area contributed by atoms with Crippen LogP contribution in [0.1, 0.15) is 27.2 Å². The number of rotatable bonds is 4. The van der Waals surface area contributed by atoms with Crippen molar-refractivity contribution < 1.29 is 18.4 Å². The second-order valence-electron chi connectivity index (χ2n) is 6.35. The number of aryl methyl sites for hydroxylation is 1. The Morgan fingerprint density at radius 3 is 2.57 bits per heavy atom. The van der Waals surface area contributed by atoms with Crippen molar-refractivity contribution in [3.8, 4) is 10.4 Å². The number of hydrogen-bond acceptors (Lipinski definition) is 4. The summed E-state index contributed by atoms with van der Waals surface area (Å²) in [5.41, 5.74) is 13.0. The average molecular weight is 403 g/mol. The summed E-state index contributed by atoms with van der Waals surface area (Å²) in [7, 11) is 0. The van der Waals surface area contributed by atoms with E-state index in [1.54, 1.807) is 6.20 Å². The Hall–Kier alpha value is -3.27. The van der Waals surface area contributed by atoms with Gasteiger partial charge in [0.25, 0.3) is 5.91 Å². The lowest BCUT2D eigenvalue weighted by Gasteiger charge is -2.11. The molecular formula is C18H15F2N5O2S. The molecule has 0 saturated heterocycles. The fraction of sp³-hybridized carbons (Fsp3) is 0.167.